The molecule has 19 heavy (non-hydrogen) atoms. The maximum atomic E-state index is 8.76. The number of nitriles is 1. The van der Waals surface area contributed by atoms with Gasteiger partial charge in [-0.25, -0.2) is 4.68 Å². The lowest BCUT2D eigenvalue weighted by molar-refractivity contribution is 0.286. The second kappa shape index (κ2) is 4.86. The quantitative estimate of drug-likeness (QED) is 0.854. The Morgan fingerprint density at radius 1 is 1.47 bits per heavy atom. The van der Waals surface area contributed by atoms with Crippen LogP contribution in [0.25, 0.3) is 0 Å². The van der Waals surface area contributed by atoms with Crippen LogP contribution >= 0.6 is 11.6 Å². The Hall–Kier alpha value is -2.13. The largest absolute Gasteiger partial charge is 0.484 e. The van der Waals surface area contributed by atoms with Crippen LogP contribution in [0.5, 0.6) is 5.75 Å². The summed E-state index contributed by atoms with van der Waals surface area (Å²) >= 11 is 6.03. The first kappa shape index (κ1) is 11.9. The number of benzene rings is 1. The molecule has 0 N–H and O–H groups in total. The van der Waals surface area contributed by atoms with Gasteiger partial charge in [0.05, 0.1) is 22.7 Å². The molecule has 3 rings (SSSR count). The predicted molar refractivity (Wildman–Crippen MR) is 66.6 cm³/mol. The van der Waals surface area contributed by atoms with Gasteiger partial charge < -0.3 is 4.74 Å². The van der Waals surface area contributed by atoms with Crippen molar-refractivity contribution < 1.29 is 4.74 Å². The highest BCUT2D eigenvalue weighted by atomic mass is 35.5. The average molecular weight is 276 g/mol. The highest BCUT2D eigenvalue weighted by Gasteiger charge is 2.27. The van der Waals surface area contributed by atoms with E-state index in [1.165, 1.54) is 0 Å². The van der Waals surface area contributed by atoms with Crippen molar-refractivity contribution in [1.82, 2.24) is 20.2 Å². The van der Waals surface area contributed by atoms with Crippen molar-refractivity contribution in [3.05, 3.63) is 34.6 Å². The van der Waals surface area contributed by atoms with Gasteiger partial charge in [-0.15, -0.1) is 5.10 Å². The van der Waals surface area contributed by atoms with Crippen LogP contribution in [0.15, 0.2) is 18.2 Å². The van der Waals surface area contributed by atoms with Gasteiger partial charge in [0.1, 0.15) is 12.4 Å². The number of ether oxygens (including phenoxy) is 1. The van der Waals surface area contributed by atoms with Gasteiger partial charge >= 0.3 is 0 Å². The van der Waals surface area contributed by atoms with E-state index in [1.54, 1.807) is 22.9 Å². The minimum Gasteiger partial charge on any atom is -0.484 e. The minimum atomic E-state index is 0.259. The van der Waals surface area contributed by atoms with Gasteiger partial charge in [-0.2, -0.15) is 5.26 Å². The van der Waals surface area contributed by atoms with Crippen molar-refractivity contribution in [1.29, 1.82) is 5.26 Å². The van der Waals surface area contributed by atoms with Gasteiger partial charge in [-0.3, -0.25) is 0 Å². The lowest BCUT2D eigenvalue weighted by atomic mass is 10.2. The van der Waals surface area contributed by atoms with Crippen LogP contribution < -0.4 is 4.74 Å². The van der Waals surface area contributed by atoms with Crippen molar-refractivity contribution in [3.8, 4) is 11.8 Å². The van der Waals surface area contributed by atoms with E-state index in [0.29, 0.717) is 28.2 Å². The van der Waals surface area contributed by atoms with E-state index in [2.05, 4.69) is 15.5 Å². The maximum Gasteiger partial charge on any atom is 0.189 e. The van der Waals surface area contributed by atoms with Crippen molar-refractivity contribution >= 4 is 11.6 Å². The lowest BCUT2D eigenvalue weighted by Crippen LogP contribution is -2.07. The van der Waals surface area contributed by atoms with Crippen LogP contribution in [0, 0.1) is 11.3 Å². The Balaban J connectivity index is 1.72. The van der Waals surface area contributed by atoms with E-state index >= 15 is 0 Å². The number of hydrogen-bond donors (Lipinski definition) is 0. The molecule has 1 saturated carbocycles. The van der Waals surface area contributed by atoms with Crippen LogP contribution in [0.1, 0.15) is 30.3 Å². The molecule has 0 spiro atoms. The molecule has 1 aliphatic rings. The maximum absolute atomic E-state index is 8.76. The average Bonchev–Trinajstić information content (AvgIpc) is 3.16. The monoisotopic (exact) mass is 275 g/mol. The fourth-order valence-corrected chi connectivity index (χ4v) is 1.97. The molecular formula is C12H10ClN5O. The lowest BCUT2D eigenvalue weighted by Gasteiger charge is -2.07. The molecule has 0 unspecified atom stereocenters. The number of aromatic nitrogens is 4. The van der Waals surface area contributed by atoms with E-state index in [4.69, 9.17) is 21.6 Å². The minimum absolute atomic E-state index is 0.259. The Morgan fingerprint density at radius 2 is 2.32 bits per heavy atom. The molecule has 1 heterocycles. The molecule has 0 aliphatic heterocycles. The van der Waals surface area contributed by atoms with Gasteiger partial charge in [-0.1, -0.05) is 11.6 Å². The van der Waals surface area contributed by atoms with Crippen molar-refractivity contribution in [2.45, 2.75) is 25.5 Å². The first-order chi connectivity index (χ1) is 9.28. The normalized spacial score (nSPS) is 14.1. The summed E-state index contributed by atoms with van der Waals surface area (Å²) in [4.78, 5) is 0. The standard InChI is InChI=1S/C12H10ClN5O/c13-10-5-8(6-14)1-4-11(10)19-7-12-15-16-17-18(12)9-2-3-9/h1,4-5,9H,2-3,7H2. The van der Waals surface area contributed by atoms with E-state index < -0.39 is 0 Å². The third-order valence-electron chi connectivity index (χ3n) is 2.87. The van der Waals surface area contributed by atoms with Gasteiger partial charge in [-0.05, 0) is 41.5 Å². The molecule has 7 heteroatoms. The number of tetrazole rings is 1. The van der Waals surface area contributed by atoms with Gasteiger partial charge in [0, 0.05) is 0 Å². The third-order valence-corrected chi connectivity index (χ3v) is 3.17. The van der Waals surface area contributed by atoms with Crippen LogP contribution in [0.2, 0.25) is 5.02 Å². The van der Waals surface area contributed by atoms with Crippen LogP contribution in [0.3, 0.4) is 0 Å². The molecule has 1 fully saturated rings. The molecule has 0 amide bonds. The summed E-state index contributed by atoms with van der Waals surface area (Å²) in [5, 5.41) is 20.7. The molecule has 2 aromatic rings. The molecule has 1 aromatic carbocycles. The summed E-state index contributed by atoms with van der Waals surface area (Å²) in [5.74, 6) is 1.20. The first-order valence-corrected chi connectivity index (χ1v) is 6.25. The van der Waals surface area contributed by atoms with Gasteiger partial charge in [0.2, 0.25) is 0 Å². The summed E-state index contributed by atoms with van der Waals surface area (Å²) < 4.78 is 7.38. The summed E-state index contributed by atoms with van der Waals surface area (Å²) in [6.45, 7) is 0.259. The molecule has 1 aliphatic carbocycles. The third kappa shape index (κ3) is 2.51. The zero-order valence-electron chi connectivity index (χ0n) is 9.95. The number of nitrogens with zero attached hydrogens (tertiary/aromatic N) is 5. The highest BCUT2D eigenvalue weighted by molar-refractivity contribution is 6.32. The topological polar surface area (TPSA) is 76.6 Å². The van der Waals surface area contributed by atoms with E-state index in [9.17, 15) is 0 Å². The van der Waals surface area contributed by atoms with Crippen molar-refractivity contribution in [3.63, 3.8) is 0 Å². The molecule has 96 valence electrons. The first-order valence-electron chi connectivity index (χ1n) is 5.87. The van der Waals surface area contributed by atoms with Crippen molar-refractivity contribution in [2.75, 3.05) is 0 Å². The van der Waals surface area contributed by atoms with Crippen molar-refractivity contribution in [2.24, 2.45) is 0 Å². The molecule has 0 bridgehead atoms. The zero-order chi connectivity index (χ0) is 13.2. The van der Waals surface area contributed by atoms with Gasteiger partial charge in [0.25, 0.3) is 0 Å². The molecule has 0 radical (unpaired) electrons. The molecule has 1 aromatic heterocycles. The number of rotatable bonds is 4. The molecular weight excluding hydrogens is 266 g/mol. The van der Waals surface area contributed by atoms with Gasteiger partial charge in [0.15, 0.2) is 5.82 Å². The van der Waals surface area contributed by atoms with E-state index in [1.807, 2.05) is 6.07 Å². The Kier molecular flexibility index (Phi) is 3.05. The SMILES string of the molecule is N#Cc1ccc(OCc2nnnn2C2CC2)c(Cl)c1. The second-order valence-electron chi connectivity index (χ2n) is 4.32. The summed E-state index contributed by atoms with van der Waals surface area (Å²) in [6, 6.07) is 7.33. The fourth-order valence-electron chi connectivity index (χ4n) is 1.74. The second-order valence-corrected chi connectivity index (χ2v) is 4.72. The van der Waals surface area contributed by atoms with Crippen LogP contribution in [0.4, 0.5) is 0 Å². The Labute approximate surface area is 114 Å². The van der Waals surface area contributed by atoms with E-state index in [0.717, 1.165) is 12.8 Å². The Bertz CT molecular complexity index is 644. The molecule has 0 saturated heterocycles. The smallest absolute Gasteiger partial charge is 0.189 e. The highest BCUT2D eigenvalue weighted by Crippen LogP contribution is 2.34. The van der Waals surface area contributed by atoms with Crippen LogP contribution in [-0.2, 0) is 6.61 Å². The Morgan fingerprint density at radius 3 is 3.00 bits per heavy atom. The summed E-state index contributed by atoms with van der Waals surface area (Å²) in [5.41, 5.74) is 0.500. The number of halogens is 1. The molecule has 0 atom stereocenters. The van der Waals surface area contributed by atoms with E-state index in [-0.39, 0.29) is 6.61 Å². The summed E-state index contributed by atoms with van der Waals surface area (Å²) in [7, 11) is 0. The van der Waals surface area contributed by atoms with Crippen LogP contribution in [-0.4, -0.2) is 20.2 Å². The summed E-state index contributed by atoms with van der Waals surface area (Å²) in [6.07, 6.45) is 2.21. The number of hydrogen-bond acceptors (Lipinski definition) is 5. The molecule has 6 nitrogen and oxygen atoms in total. The fraction of sp³-hybridized carbons (Fsp3) is 0.333. The zero-order valence-corrected chi connectivity index (χ0v) is 10.7. The predicted octanol–water partition coefficient (Wildman–Crippen LogP) is 2.11.